The Kier molecular flexibility index (Phi) is 4.93. The molecule has 0 saturated carbocycles. The average molecular weight is 352 g/mol. The van der Waals surface area contributed by atoms with E-state index in [2.05, 4.69) is 5.32 Å². The lowest BCUT2D eigenvalue weighted by Crippen LogP contribution is -2.15. The van der Waals surface area contributed by atoms with E-state index in [0.717, 1.165) is 16.7 Å². The number of hydrogen-bond acceptors (Lipinski definition) is 4. The molecular weight excluding hydrogens is 332 g/mol. The molecule has 6 nitrogen and oxygen atoms in total. The third kappa shape index (κ3) is 3.39. The number of carbonyl (C=O) groups excluding carboxylic acids is 2. The van der Waals surface area contributed by atoms with Crippen molar-refractivity contribution in [2.24, 2.45) is 7.05 Å². The summed E-state index contributed by atoms with van der Waals surface area (Å²) < 4.78 is 12.0. The number of nitrogens with one attached hydrogen (secondary N) is 1. The smallest absolute Gasteiger partial charge is 0.337 e. The largest absolute Gasteiger partial charge is 0.494 e. The lowest BCUT2D eigenvalue weighted by molar-refractivity contribution is 0.0600. The van der Waals surface area contributed by atoms with E-state index in [4.69, 9.17) is 9.47 Å². The van der Waals surface area contributed by atoms with E-state index >= 15 is 0 Å². The second-order valence-corrected chi connectivity index (χ2v) is 5.77. The van der Waals surface area contributed by atoms with Gasteiger partial charge in [-0.3, -0.25) is 4.79 Å². The Bertz CT molecular complexity index is 975. The molecule has 26 heavy (non-hydrogen) atoms. The van der Waals surface area contributed by atoms with Gasteiger partial charge in [0.1, 0.15) is 11.4 Å². The quantitative estimate of drug-likeness (QED) is 0.712. The topological polar surface area (TPSA) is 69.6 Å². The molecule has 134 valence electrons. The summed E-state index contributed by atoms with van der Waals surface area (Å²) in [7, 11) is 3.15. The molecule has 1 amide bonds. The van der Waals surface area contributed by atoms with Crippen LogP contribution in [0.3, 0.4) is 0 Å². The second-order valence-electron chi connectivity index (χ2n) is 5.77. The second kappa shape index (κ2) is 7.31. The zero-order chi connectivity index (χ0) is 18.7. The van der Waals surface area contributed by atoms with Crippen molar-refractivity contribution in [3.63, 3.8) is 0 Å². The van der Waals surface area contributed by atoms with Gasteiger partial charge in [0.2, 0.25) is 0 Å². The Hall–Kier alpha value is -3.28. The Labute approximate surface area is 151 Å². The Balaban J connectivity index is 1.88. The van der Waals surface area contributed by atoms with E-state index in [1.165, 1.54) is 7.11 Å². The Morgan fingerprint density at radius 2 is 1.92 bits per heavy atom. The maximum Gasteiger partial charge on any atom is 0.337 e. The van der Waals surface area contributed by atoms with E-state index in [1.807, 2.05) is 42.8 Å². The Morgan fingerprint density at radius 3 is 2.65 bits per heavy atom. The Morgan fingerprint density at radius 1 is 1.12 bits per heavy atom. The van der Waals surface area contributed by atoms with E-state index in [0.29, 0.717) is 23.6 Å². The summed E-state index contributed by atoms with van der Waals surface area (Å²) in [5, 5.41) is 3.74. The van der Waals surface area contributed by atoms with Crippen molar-refractivity contribution < 1.29 is 19.1 Å². The molecule has 0 atom stereocenters. The van der Waals surface area contributed by atoms with Gasteiger partial charge in [0.05, 0.1) is 19.3 Å². The summed E-state index contributed by atoms with van der Waals surface area (Å²) in [6.45, 7) is 2.51. The first-order chi connectivity index (χ1) is 12.5. The number of ether oxygens (including phenoxy) is 2. The van der Waals surface area contributed by atoms with Gasteiger partial charge in [0.15, 0.2) is 0 Å². The number of amides is 1. The van der Waals surface area contributed by atoms with Crippen LogP contribution >= 0.6 is 0 Å². The number of anilines is 1. The lowest BCUT2D eigenvalue weighted by atomic mass is 10.2. The molecule has 3 aromatic rings. The average Bonchev–Trinajstić information content (AvgIpc) is 2.98. The van der Waals surface area contributed by atoms with E-state index in [9.17, 15) is 9.59 Å². The van der Waals surface area contributed by atoms with Crippen LogP contribution in [0.25, 0.3) is 10.9 Å². The van der Waals surface area contributed by atoms with Crippen molar-refractivity contribution in [2.75, 3.05) is 19.0 Å². The SMILES string of the molecule is CCOc1ccc2c(c1)cc(C(=O)Nc1cccc(C(=O)OC)c1)n2C. The number of aromatic nitrogens is 1. The van der Waals surface area contributed by atoms with Gasteiger partial charge in [-0.25, -0.2) is 4.79 Å². The van der Waals surface area contributed by atoms with Crippen LogP contribution in [0.5, 0.6) is 5.75 Å². The van der Waals surface area contributed by atoms with Gasteiger partial charge in [-0.05, 0) is 49.4 Å². The summed E-state index contributed by atoms with van der Waals surface area (Å²) in [6.07, 6.45) is 0. The van der Waals surface area contributed by atoms with Crippen LogP contribution in [0.4, 0.5) is 5.69 Å². The molecule has 0 fully saturated rings. The molecule has 3 rings (SSSR count). The van der Waals surface area contributed by atoms with Crippen LogP contribution in [0.1, 0.15) is 27.8 Å². The molecule has 0 radical (unpaired) electrons. The van der Waals surface area contributed by atoms with Crippen molar-refractivity contribution >= 4 is 28.5 Å². The number of fused-ring (bicyclic) bond motifs is 1. The van der Waals surface area contributed by atoms with Gasteiger partial charge in [-0.15, -0.1) is 0 Å². The minimum atomic E-state index is -0.450. The maximum atomic E-state index is 12.7. The highest BCUT2D eigenvalue weighted by molar-refractivity contribution is 6.07. The molecule has 1 heterocycles. The van der Waals surface area contributed by atoms with Crippen molar-refractivity contribution in [1.29, 1.82) is 0 Å². The summed E-state index contributed by atoms with van der Waals surface area (Å²) >= 11 is 0. The number of nitrogens with zero attached hydrogens (tertiary/aromatic N) is 1. The highest BCUT2D eigenvalue weighted by Gasteiger charge is 2.15. The number of carbonyl (C=O) groups is 2. The van der Waals surface area contributed by atoms with Gasteiger partial charge in [-0.2, -0.15) is 0 Å². The molecule has 0 aliphatic rings. The predicted octanol–water partition coefficient (Wildman–Crippen LogP) is 3.62. The molecule has 0 bridgehead atoms. The summed E-state index contributed by atoms with van der Waals surface area (Å²) in [6, 6.07) is 14.2. The fraction of sp³-hybridized carbons (Fsp3) is 0.200. The summed E-state index contributed by atoms with van der Waals surface area (Å²) in [4.78, 5) is 24.3. The fourth-order valence-electron chi connectivity index (χ4n) is 2.84. The highest BCUT2D eigenvalue weighted by atomic mass is 16.5. The van der Waals surface area contributed by atoms with Crippen LogP contribution in [0.15, 0.2) is 48.5 Å². The first-order valence-corrected chi connectivity index (χ1v) is 8.25. The van der Waals surface area contributed by atoms with Crippen molar-refractivity contribution in [3.8, 4) is 5.75 Å². The first-order valence-electron chi connectivity index (χ1n) is 8.25. The molecule has 0 aliphatic heterocycles. The van der Waals surface area contributed by atoms with Crippen molar-refractivity contribution in [3.05, 3.63) is 59.8 Å². The fourth-order valence-corrected chi connectivity index (χ4v) is 2.84. The molecule has 0 unspecified atom stereocenters. The van der Waals surface area contributed by atoms with E-state index in [-0.39, 0.29) is 5.91 Å². The van der Waals surface area contributed by atoms with Crippen LogP contribution in [0, 0.1) is 0 Å². The van der Waals surface area contributed by atoms with Crippen molar-refractivity contribution in [1.82, 2.24) is 4.57 Å². The van der Waals surface area contributed by atoms with Gasteiger partial charge >= 0.3 is 5.97 Å². The molecule has 6 heteroatoms. The zero-order valence-corrected chi connectivity index (χ0v) is 14.9. The number of hydrogen-bond donors (Lipinski definition) is 1. The molecular formula is C20H20N2O4. The normalized spacial score (nSPS) is 10.6. The molecule has 1 aromatic heterocycles. The highest BCUT2D eigenvalue weighted by Crippen LogP contribution is 2.24. The van der Waals surface area contributed by atoms with Crippen LogP contribution in [-0.2, 0) is 11.8 Å². The zero-order valence-electron chi connectivity index (χ0n) is 14.9. The van der Waals surface area contributed by atoms with E-state index in [1.54, 1.807) is 24.3 Å². The third-order valence-corrected chi connectivity index (χ3v) is 4.10. The van der Waals surface area contributed by atoms with E-state index < -0.39 is 5.97 Å². The molecule has 1 N–H and O–H groups in total. The standard InChI is InChI=1S/C20H20N2O4/c1-4-26-16-8-9-17-14(11-16)12-18(22(17)2)19(23)21-15-7-5-6-13(10-15)20(24)25-3/h5-12H,4H2,1-3H3,(H,21,23). The minimum absolute atomic E-state index is 0.260. The van der Waals surface area contributed by atoms with Gasteiger partial charge < -0.3 is 19.4 Å². The number of aryl methyl sites for hydroxylation is 1. The molecule has 0 saturated heterocycles. The third-order valence-electron chi connectivity index (χ3n) is 4.10. The number of rotatable bonds is 5. The monoisotopic (exact) mass is 352 g/mol. The van der Waals surface area contributed by atoms with Gasteiger partial charge in [0.25, 0.3) is 5.91 Å². The molecule has 0 spiro atoms. The van der Waals surface area contributed by atoms with Crippen LogP contribution < -0.4 is 10.1 Å². The van der Waals surface area contributed by atoms with Crippen LogP contribution in [0.2, 0.25) is 0 Å². The van der Waals surface area contributed by atoms with Gasteiger partial charge in [0, 0.05) is 23.6 Å². The number of esters is 1. The molecule has 0 aliphatic carbocycles. The first kappa shape index (κ1) is 17.5. The predicted molar refractivity (Wildman–Crippen MR) is 99.8 cm³/mol. The molecule has 2 aromatic carbocycles. The minimum Gasteiger partial charge on any atom is -0.494 e. The maximum absolute atomic E-state index is 12.7. The van der Waals surface area contributed by atoms with Crippen LogP contribution in [-0.4, -0.2) is 30.2 Å². The van der Waals surface area contributed by atoms with Crippen molar-refractivity contribution in [2.45, 2.75) is 6.92 Å². The summed E-state index contributed by atoms with van der Waals surface area (Å²) in [5.74, 6) is 0.0566. The van der Waals surface area contributed by atoms with Gasteiger partial charge in [-0.1, -0.05) is 6.07 Å². The lowest BCUT2D eigenvalue weighted by Gasteiger charge is -2.08. The number of methoxy groups -OCH3 is 1. The summed E-state index contributed by atoms with van der Waals surface area (Å²) in [5.41, 5.74) is 2.35. The number of benzene rings is 2.